The number of aromatic nitrogens is 3. The lowest BCUT2D eigenvalue weighted by atomic mass is 10.2. The number of anilines is 1. The van der Waals surface area contributed by atoms with Crippen LogP contribution in [0.15, 0.2) is 30.5 Å². The Morgan fingerprint density at radius 2 is 2.04 bits per heavy atom. The Morgan fingerprint density at radius 3 is 2.76 bits per heavy atom. The molecule has 1 N–H and O–H groups in total. The molecule has 25 heavy (non-hydrogen) atoms. The van der Waals surface area contributed by atoms with E-state index in [4.69, 9.17) is 16.0 Å². The zero-order valence-corrected chi connectivity index (χ0v) is 13.7. The van der Waals surface area contributed by atoms with Gasteiger partial charge >= 0.3 is 11.8 Å². The minimum atomic E-state index is -0.503. The number of nitrogens with one attached hydrogen (secondary N) is 1. The fourth-order valence-corrected chi connectivity index (χ4v) is 2.32. The molecule has 1 aromatic carbocycles. The maximum Gasteiger partial charge on any atom is 0.456 e. The fraction of sp³-hybridized carbons (Fsp3) is 0.176. The van der Waals surface area contributed by atoms with Gasteiger partial charge in [-0.15, -0.1) is 0 Å². The molecule has 0 amide bonds. The summed E-state index contributed by atoms with van der Waals surface area (Å²) in [6, 6.07) is 6.71. The molecular weight excluding hydrogens is 325 g/mol. The first-order valence-electron chi connectivity index (χ1n) is 7.33. The highest BCUT2D eigenvalue weighted by Crippen LogP contribution is 2.26. The van der Waals surface area contributed by atoms with Gasteiger partial charge in [-0.1, -0.05) is 0 Å². The molecule has 0 bridgehead atoms. The van der Waals surface area contributed by atoms with E-state index in [-0.39, 0.29) is 11.8 Å². The van der Waals surface area contributed by atoms with Crippen LogP contribution in [-0.2, 0) is 6.54 Å². The summed E-state index contributed by atoms with van der Waals surface area (Å²) < 4.78 is 23.9. The highest BCUT2D eigenvalue weighted by atomic mass is 19.1. The molecule has 0 atom stereocenters. The van der Waals surface area contributed by atoms with Crippen molar-refractivity contribution in [3.8, 4) is 18.1 Å². The SMILES string of the molecule is C#[N+]c1nc(NCc2ccc(OC)cc2OC)nc2cc(F)cnc12. The lowest BCUT2D eigenvalue weighted by Crippen LogP contribution is -2.05. The van der Waals surface area contributed by atoms with Crippen LogP contribution in [0.1, 0.15) is 5.56 Å². The molecule has 0 unspecified atom stereocenters. The largest absolute Gasteiger partial charge is 0.497 e. The quantitative estimate of drug-likeness (QED) is 0.767. The van der Waals surface area contributed by atoms with E-state index in [1.807, 2.05) is 12.1 Å². The van der Waals surface area contributed by atoms with Gasteiger partial charge in [0, 0.05) is 29.2 Å². The average Bonchev–Trinajstić information content (AvgIpc) is 2.65. The number of hydrogen-bond acceptors (Lipinski definition) is 6. The first-order valence-corrected chi connectivity index (χ1v) is 7.33. The van der Waals surface area contributed by atoms with Crippen LogP contribution in [0.4, 0.5) is 16.2 Å². The molecule has 2 heterocycles. The lowest BCUT2D eigenvalue weighted by Gasteiger charge is -2.10. The molecule has 0 saturated carbocycles. The van der Waals surface area contributed by atoms with Crippen molar-refractivity contribution in [3.05, 3.63) is 46.7 Å². The van der Waals surface area contributed by atoms with Crippen LogP contribution in [0.3, 0.4) is 0 Å². The summed E-state index contributed by atoms with van der Waals surface area (Å²) in [4.78, 5) is 15.9. The number of pyridine rings is 1. The second-order valence-corrected chi connectivity index (χ2v) is 5.05. The maximum absolute atomic E-state index is 13.4. The van der Waals surface area contributed by atoms with Crippen molar-refractivity contribution in [2.75, 3.05) is 19.5 Å². The lowest BCUT2D eigenvalue weighted by molar-refractivity contribution is 0.391. The van der Waals surface area contributed by atoms with E-state index >= 15 is 0 Å². The molecule has 0 aliphatic carbocycles. The molecule has 0 saturated heterocycles. The van der Waals surface area contributed by atoms with Crippen molar-refractivity contribution in [1.29, 1.82) is 0 Å². The van der Waals surface area contributed by atoms with E-state index in [1.54, 1.807) is 20.3 Å². The Bertz CT molecular complexity index is 971. The number of methoxy groups -OCH3 is 2. The predicted molar refractivity (Wildman–Crippen MR) is 92.1 cm³/mol. The van der Waals surface area contributed by atoms with Crippen LogP contribution < -0.4 is 14.8 Å². The number of hydrogen-bond donors (Lipinski definition) is 1. The number of benzene rings is 1. The van der Waals surface area contributed by atoms with Crippen LogP contribution in [0.25, 0.3) is 15.9 Å². The third kappa shape index (κ3) is 3.40. The third-order valence-electron chi connectivity index (χ3n) is 3.54. The Hall–Kier alpha value is -3.47. The van der Waals surface area contributed by atoms with Crippen molar-refractivity contribution in [3.63, 3.8) is 0 Å². The zero-order chi connectivity index (χ0) is 17.8. The van der Waals surface area contributed by atoms with Gasteiger partial charge in [-0.25, -0.2) is 9.37 Å². The molecule has 0 aliphatic rings. The van der Waals surface area contributed by atoms with Gasteiger partial charge in [-0.05, 0) is 12.1 Å². The molecular formula is C17H15FN5O2+. The summed E-state index contributed by atoms with van der Waals surface area (Å²) in [6.07, 6.45) is 1.07. The number of fused-ring (bicyclic) bond motifs is 1. The summed E-state index contributed by atoms with van der Waals surface area (Å²) >= 11 is 0. The Balaban J connectivity index is 1.90. The Kier molecular flexibility index (Phi) is 4.57. The van der Waals surface area contributed by atoms with Gasteiger partial charge in [0.15, 0.2) is 0 Å². The molecule has 0 fully saturated rings. The zero-order valence-electron chi connectivity index (χ0n) is 13.7. The molecule has 0 radical (unpaired) electrons. The van der Waals surface area contributed by atoms with E-state index < -0.39 is 5.82 Å². The minimum absolute atomic E-state index is 0.175. The van der Waals surface area contributed by atoms with Crippen molar-refractivity contribution in [1.82, 2.24) is 15.0 Å². The third-order valence-corrected chi connectivity index (χ3v) is 3.54. The molecule has 126 valence electrons. The van der Waals surface area contributed by atoms with Crippen molar-refractivity contribution in [2.24, 2.45) is 0 Å². The Labute approximate surface area is 143 Å². The standard InChI is InChI=1S/C17H15FN5O2/c1-19-16-15-13(6-11(18)9-20-15)22-17(23-16)21-8-10-4-5-12(24-2)7-14(10)25-3/h1,4-7,9H,8H2,2-3H3,(H,21,22,23)/q+1. The first-order chi connectivity index (χ1) is 12.1. The molecule has 2 aromatic heterocycles. The minimum Gasteiger partial charge on any atom is -0.497 e. The van der Waals surface area contributed by atoms with Crippen LogP contribution in [0.5, 0.6) is 11.5 Å². The van der Waals surface area contributed by atoms with Gasteiger partial charge in [0.25, 0.3) is 0 Å². The number of halogens is 1. The highest BCUT2D eigenvalue weighted by molar-refractivity contribution is 5.86. The van der Waals surface area contributed by atoms with Crippen molar-refractivity contribution in [2.45, 2.75) is 6.54 Å². The van der Waals surface area contributed by atoms with Crippen molar-refractivity contribution >= 4 is 22.8 Å². The Morgan fingerprint density at radius 1 is 1.20 bits per heavy atom. The van der Waals surface area contributed by atoms with Gasteiger partial charge in [0.1, 0.15) is 29.4 Å². The van der Waals surface area contributed by atoms with E-state index in [9.17, 15) is 4.39 Å². The number of nitrogens with zero attached hydrogens (tertiary/aromatic N) is 4. The highest BCUT2D eigenvalue weighted by Gasteiger charge is 2.19. The second kappa shape index (κ2) is 6.97. The summed E-state index contributed by atoms with van der Waals surface area (Å²) in [5.41, 5.74) is 1.51. The number of ether oxygens (including phenoxy) is 2. The predicted octanol–water partition coefficient (Wildman–Crippen LogP) is 3.39. The van der Waals surface area contributed by atoms with Gasteiger partial charge < -0.3 is 14.8 Å². The summed E-state index contributed by atoms with van der Waals surface area (Å²) in [6.45, 7) is 5.73. The summed E-state index contributed by atoms with van der Waals surface area (Å²) in [7, 11) is 3.16. The van der Waals surface area contributed by atoms with Crippen LogP contribution in [0, 0.1) is 12.4 Å². The van der Waals surface area contributed by atoms with Gasteiger partial charge in [-0.2, -0.15) is 9.83 Å². The van der Waals surface area contributed by atoms with Gasteiger partial charge in [0.2, 0.25) is 5.52 Å². The van der Waals surface area contributed by atoms with Gasteiger partial charge in [0.05, 0.1) is 20.4 Å². The van der Waals surface area contributed by atoms with E-state index in [2.05, 4.69) is 25.1 Å². The topological polar surface area (TPSA) is 73.5 Å². The average molecular weight is 340 g/mol. The van der Waals surface area contributed by atoms with Crippen LogP contribution in [-0.4, -0.2) is 29.2 Å². The van der Waals surface area contributed by atoms with Crippen LogP contribution in [0.2, 0.25) is 0 Å². The van der Waals surface area contributed by atoms with Crippen molar-refractivity contribution < 1.29 is 13.9 Å². The van der Waals surface area contributed by atoms with E-state index in [0.717, 1.165) is 11.8 Å². The number of rotatable bonds is 5. The van der Waals surface area contributed by atoms with Gasteiger partial charge in [-0.3, -0.25) is 0 Å². The molecule has 0 spiro atoms. The molecule has 0 aliphatic heterocycles. The van der Waals surface area contributed by atoms with E-state index in [0.29, 0.717) is 29.1 Å². The summed E-state index contributed by atoms with van der Waals surface area (Å²) in [5.74, 6) is 1.27. The fourth-order valence-electron chi connectivity index (χ4n) is 2.32. The van der Waals surface area contributed by atoms with E-state index in [1.165, 1.54) is 6.07 Å². The molecule has 7 nitrogen and oxygen atoms in total. The molecule has 8 heteroatoms. The monoisotopic (exact) mass is 340 g/mol. The molecule has 3 rings (SSSR count). The summed E-state index contributed by atoms with van der Waals surface area (Å²) in [5, 5.41) is 3.05. The first kappa shape index (κ1) is 16.4. The maximum atomic E-state index is 13.4. The second-order valence-electron chi connectivity index (χ2n) is 5.05. The molecule has 3 aromatic rings. The smallest absolute Gasteiger partial charge is 0.456 e. The normalized spacial score (nSPS) is 10.3. The van der Waals surface area contributed by atoms with Crippen LogP contribution >= 0.6 is 0 Å².